The highest BCUT2D eigenvalue weighted by Gasteiger charge is 2.32. The maximum absolute atomic E-state index is 13.9. The highest BCUT2D eigenvalue weighted by molar-refractivity contribution is 7.98. The van der Waals surface area contributed by atoms with Crippen LogP contribution in [0.4, 0.5) is 23.2 Å². The Morgan fingerprint density at radius 3 is 2.53 bits per heavy atom. The number of aromatic nitrogens is 1. The third-order valence-electron chi connectivity index (χ3n) is 3.84. The Morgan fingerprint density at radius 2 is 1.93 bits per heavy atom. The van der Waals surface area contributed by atoms with Crippen molar-refractivity contribution in [3.8, 4) is 0 Å². The second kappa shape index (κ2) is 9.62. The Balaban J connectivity index is 2.31. The van der Waals surface area contributed by atoms with Gasteiger partial charge in [-0.1, -0.05) is 12.1 Å². The third-order valence-corrected chi connectivity index (χ3v) is 5.99. The van der Waals surface area contributed by atoms with Gasteiger partial charge in [-0.2, -0.15) is 29.7 Å². The molecule has 0 spiro atoms. The van der Waals surface area contributed by atoms with Crippen LogP contribution < -0.4 is 15.6 Å². The molecule has 1 aromatic heterocycles. The van der Waals surface area contributed by atoms with E-state index in [0.29, 0.717) is 18.0 Å². The summed E-state index contributed by atoms with van der Waals surface area (Å²) in [5.74, 6) is -1.80. The highest BCUT2D eigenvalue weighted by Crippen LogP contribution is 2.29. The zero-order chi connectivity index (χ0) is 22.5. The molecule has 3 N–H and O–H groups in total. The zero-order valence-electron chi connectivity index (χ0n) is 15.4. The minimum absolute atomic E-state index is 0.0580. The minimum atomic E-state index is -4.77. The van der Waals surface area contributed by atoms with Crippen molar-refractivity contribution in [3.63, 3.8) is 0 Å². The number of alkyl halides is 3. The van der Waals surface area contributed by atoms with Crippen LogP contribution in [-0.2, 0) is 21.0 Å². The second-order valence-electron chi connectivity index (χ2n) is 6.00. The Bertz CT molecular complexity index is 1070. The van der Waals surface area contributed by atoms with Crippen LogP contribution in [0.5, 0.6) is 0 Å². The average Bonchev–Trinajstić information content (AvgIpc) is 2.66. The Hall–Kier alpha value is -2.38. The average molecular weight is 467 g/mol. The summed E-state index contributed by atoms with van der Waals surface area (Å²) in [4.78, 5) is 25.5. The van der Waals surface area contributed by atoms with Gasteiger partial charge in [-0.15, -0.1) is 0 Å². The van der Waals surface area contributed by atoms with Gasteiger partial charge in [-0.3, -0.25) is 9.59 Å². The number of pyridine rings is 1. The topological polar surface area (TPSA) is 108 Å². The van der Waals surface area contributed by atoms with Crippen molar-refractivity contribution in [1.29, 1.82) is 0 Å². The fourth-order valence-corrected chi connectivity index (χ4v) is 4.13. The fourth-order valence-electron chi connectivity index (χ4n) is 2.35. The van der Waals surface area contributed by atoms with E-state index in [4.69, 9.17) is 0 Å². The molecule has 1 atom stereocenters. The van der Waals surface area contributed by atoms with Crippen molar-refractivity contribution >= 4 is 33.4 Å². The van der Waals surface area contributed by atoms with Crippen LogP contribution in [-0.4, -0.2) is 37.4 Å². The number of hydrogen-bond acceptors (Lipinski definition) is 5. The number of hydrogen-bond donors (Lipinski definition) is 3. The molecule has 7 nitrogen and oxygen atoms in total. The molecule has 0 aliphatic rings. The van der Waals surface area contributed by atoms with Crippen LogP contribution in [0.1, 0.15) is 12.0 Å². The molecule has 0 saturated heterocycles. The van der Waals surface area contributed by atoms with Gasteiger partial charge in [0.15, 0.2) is 0 Å². The number of thioether (sulfide) groups is 1. The van der Waals surface area contributed by atoms with Crippen LogP contribution in [0.15, 0.2) is 46.2 Å². The lowest BCUT2D eigenvalue weighted by molar-refractivity contribution is -0.137. The van der Waals surface area contributed by atoms with Gasteiger partial charge < -0.3 is 10.3 Å². The monoisotopic (exact) mass is 467 g/mol. The van der Waals surface area contributed by atoms with Crippen LogP contribution in [0, 0.1) is 5.82 Å². The molecule has 30 heavy (non-hydrogen) atoms. The zero-order valence-corrected chi connectivity index (χ0v) is 17.1. The third kappa shape index (κ3) is 6.06. The number of rotatable bonds is 8. The first-order valence-corrected chi connectivity index (χ1v) is 11.2. The summed E-state index contributed by atoms with van der Waals surface area (Å²) < 4.78 is 79.4. The first-order chi connectivity index (χ1) is 14.0. The molecule has 0 aliphatic carbocycles. The van der Waals surface area contributed by atoms with E-state index in [-0.39, 0.29) is 6.42 Å². The first-order valence-electron chi connectivity index (χ1n) is 8.32. The van der Waals surface area contributed by atoms with Gasteiger partial charge in [-0.25, -0.2) is 12.8 Å². The molecular formula is C17H17F4N3O4S2. The number of halogens is 4. The number of H-pyrrole nitrogens is 1. The summed E-state index contributed by atoms with van der Waals surface area (Å²) in [5, 5.41) is 2.01. The van der Waals surface area contributed by atoms with E-state index in [9.17, 15) is 35.6 Å². The lowest BCUT2D eigenvalue weighted by Gasteiger charge is -2.18. The van der Waals surface area contributed by atoms with Crippen LogP contribution in [0.3, 0.4) is 0 Å². The van der Waals surface area contributed by atoms with Gasteiger partial charge in [0.2, 0.25) is 15.9 Å². The van der Waals surface area contributed by atoms with E-state index in [1.54, 1.807) is 6.26 Å². The molecule has 0 radical (unpaired) electrons. The summed E-state index contributed by atoms with van der Waals surface area (Å²) in [5.41, 5.74) is -2.91. The molecule has 0 bridgehead atoms. The molecule has 0 saturated carbocycles. The van der Waals surface area contributed by atoms with Crippen LogP contribution in [0.2, 0.25) is 0 Å². The molecule has 2 aromatic rings. The molecule has 1 unspecified atom stereocenters. The van der Waals surface area contributed by atoms with E-state index in [1.807, 2.05) is 15.0 Å². The van der Waals surface area contributed by atoms with Crippen molar-refractivity contribution < 1.29 is 30.8 Å². The predicted molar refractivity (Wildman–Crippen MR) is 104 cm³/mol. The fraction of sp³-hybridized carbons (Fsp3) is 0.294. The first kappa shape index (κ1) is 23.9. The lowest BCUT2D eigenvalue weighted by Crippen LogP contribution is -2.45. The number of benzene rings is 1. The molecule has 1 heterocycles. The van der Waals surface area contributed by atoms with Crippen molar-refractivity contribution in [2.45, 2.75) is 23.5 Å². The van der Waals surface area contributed by atoms with Crippen molar-refractivity contribution in [1.82, 2.24) is 9.71 Å². The van der Waals surface area contributed by atoms with Gasteiger partial charge in [0, 0.05) is 6.20 Å². The molecule has 164 valence electrons. The second-order valence-corrected chi connectivity index (χ2v) is 8.67. The summed E-state index contributed by atoms with van der Waals surface area (Å²) in [6.45, 7) is 0. The SMILES string of the molecule is CSCCC(NS(=O)(=O)c1ccccc1F)C(=O)Nc1cc(C(F)(F)F)c[nH]c1=O. The van der Waals surface area contributed by atoms with Crippen LogP contribution >= 0.6 is 11.8 Å². The normalized spacial score (nSPS) is 13.1. The number of carbonyl (C=O) groups excluding carboxylic acids is 1. The standard InChI is InChI=1S/C17H17F4N3O4S2/c1-29-7-6-12(24-30(27,28)14-5-3-2-4-11(14)18)16(26)23-13-8-10(17(19,20)21)9-22-15(13)25/h2-5,8-9,12,24H,6-7H2,1H3,(H,22,25)(H,23,26). The molecular weight excluding hydrogens is 450 g/mol. The number of aromatic amines is 1. The molecule has 0 fully saturated rings. The molecule has 1 amide bonds. The maximum Gasteiger partial charge on any atom is 0.417 e. The smallest absolute Gasteiger partial charge is 0.327 e. The van der Waals surface area contributed by atoms with Crippen LogP contribution in [0.25, 0.3) is 0 Å². The van der Waals surface area contributed by atoms with Gasteiger partial charge >= 0.3 is 6.18 Å². The number of amides is 1. The van der Waals surface area contributed by atoms with Crippen molar-refractivity contribution in [2.24, 2.45) is 0 Å². The lowest BCUT2D eigenvalue weighted by atomic mass is 10.2. The minimum Gasteiger partial charge on any atom is -0.327 e. The van der Waals surface area contributed by atoms with E-state index in [1.165, 1.54) is 23.9 Å². The Kier molecular flexibility index (Phi) is 7.66. The van der Waals surface area contributed by atoms with Crippen molar-refractivity contribution in [2.75, 3.05) is 17.3 Å². The predicted octanol–water partition coefficient (Wildman–Crippen LogP) is 2.57. The molecule has 2 rings (SSSR count). The molecule has 13 heteroatoms. The summed E-state index contributed by atoms with van der Waals surface area (Å²) in [6.07, 6.45) is -2.69. The van der Waals surface area contributed by atoms with E-state index in [2.05, 4.69) is 0 Å². The summed E-state index contributed by atoms with van der Waals surface area (Å²) in [6, 6.07) is 3.47. The Morgan fingerprint density at radius 1 is 1.27 bits per heavy atom. The number of carbonyl (C=O) groups is 1. The quantitative estimate of drug-likeness (QED) is 0.518. The highest BCUT2D eigenvalue weighted by atomic mass is 32.2. The van der Waals surface area contributed by atoms with Gasteiger partial charge in [0.05, 0.1) is 5.56 Å². The van der Waals surface area contributed by atoms with E-state index < -0.39 is 55.7 Å². The summed E-state index contributed by atoms with van der Waals surface area (Å²) >= 11 is 1.28. The van der Waals surface area contributed by atoms with E-state index >= 15 is 0 Å². The van der Waals surface area contributed by atoms with Crippen molar-refractivity contribution in [3.05, 3.63) is 58.3 Å². The van der Waals surface area contributed by atoms with Gasteiger partial charge in [0.1, 0.15) is 22.4 Å². The number of sulfonamides is 1. The number of nitrogens with one attached hydrogen (secondary N) is 3. The largest absolute Gasteiger partial charge is 0.417 e. The molecule has 1 aromatic carbocycles. The van der Waals surface area contributed by atoms with Gasteiger partial charge in [0.25, 0.3) is 5.56 Å². The number of anilines is 1. The summed E-state index contributed by atoms with van der Waals surface area (Å²) in [7, 11) is -4.46. The molecule has 0 aliphatic heterocycles. The Labute approximate surface area is 173 Å². The van der Waals surface area contributed by atoms with E-state index in [0.717, 1.165) is 12.1 Å². The van der Waals surface area contributed by atoms with Gasteiger partial charge in [-0.05, 0) is 36.6 Å². The maximum atomic E-state index is 13.9.